The maximum absolute atomic E-state index is 12.2. The zero-order valence-electron chi connectivity index (χ0n) is 11.4. The highest BCUT2D eigenvalue weighted by Crippen LogP contribution is 2.27. The van der Waals surface area contributed by atoms with E-state index in [1.165, 1.54) is 6.33 Å². The van der Waals surface area contributed by atoms with Crippen LogP contribution in [0.15, 0.2) is 28.6 Å². The van der Waals surface area contributed by atoms with E-state index in [1.54, 1.807) is 20.8 Å². The fourth-order valence-corrected chi connectivity index (χ4v) is 2.24. The molecule has 0 bridgehead atoms. The minimum atomic E-state index is -0.00762. The fourth-order valence-electron chi connectivity index (χ4n) is 2.24. The van der Waals surface area contributed by atoms with E-state index >= 15 is 0 Å². The van der Waals surface area contributed by atoms with Crippen LogP contribution in [0.25, 0.3) is 0 Å². The Morgan fingerprint density at radius 1 is 1.00 bits per heavy atom. The van der Waals surface area contributed by atoms with Crippen molar-refractivity contribution in [3.05, 3.63) is 34.4 Å². The van der Waals surface area contributed by atoms with Gasteiger partial charge in [-0.1, -0.05) is 0 Å². The highest BCUT2D eigenvalue weighted by Gasteiger charge is 2.27. The monoisotopic (exact) mass is 259 g/mol. The summed E-state index contributed by atoms with van der Waals surface area (Å²) in [5.74, 6) is 0.801. The van der Waals surface area contributed by atoms with Crippen LogP contribution >= 0.6 is 0 Å². The topological polar surface area (TPSA) is 75.7 Å². The molecule has 0 radical (unpaired) electrons. The van der Waals surface area contributed by atoms with Crippen molar-refractivity contribution >= 4 is 11.6 Å². The summed E-state index contributed by atoms with van der Waals surface area (Å²) in [6.07, 6.45) is 3.56. The highest BCUT2D eigenvalue weighted by molar-refractivity contribution is 6.24. The summed E-state index contributed by atoms with van der Waals surface area (Å²) in [5.41, 5.74) is 2.38. The van der Waals surface area contributed by atoms with E-state index in [-0.39, 0.29) is 11.6 Å². The quantitative estimate of drug-likeness (QED) is 0.838. The summed E-state index contributed by atoms with van der Waals surface area (Å²) in [6, 6.07) is 0. The van der Waals surface area contributed by atoms with Gasteiger partial charge in [-0.2, -0.15) is 5.10 Å². The molecule has 0 amide bonds. The average molecular weight is 259 g/mol. The number of rotatable bonds is 4. The van der Waals surface area contributed by atoms with Gasteiger partial charge in [0, 0.05) is 28.7 Å². The normalized spacial score (nSPS) is 16.6. The summed E-state index contributed by atoms with van der Waals surface area (Å²) in [6.45, 7) is 5.17. The minimum Gasteiger partial charge on any atom is -0.289 e. The van der Waals surface area contributed by atoms with Crippen molar-refractivity contribution in [3.63, 3.8) is 0 Å². The number of allylic oxidation sites excluding steroid dienone is 4. The van der Waals surface area contributed by atoms with Crippen LogP contribution < -0.4 is 0 Å². The van der Waals surface area contributed by atoms with Gasteiger partial charge in [-0.05, 0) is 33.6 Å². The third kappa shape index (κ3) is 2.54. The molecule has 0 atom stereocenters. The van der Waals surface area contributed by atoms with Gasteiger partial charge in [-0.25, -0.2) is 4.98 Å². The lowest BCUT2D eigenvalue weighted by Gasteiger charge is -2.18. The SMILES string of the molecule is CC1=C(C)C(=O)C(CCCc2ncn[nH]2)=C(C)C1=O. The molecule has 1 aliphatic rings. The van der Waals surface area contributed by atoms with Gasteiger partial charge in [0.05, 0.1) is 0 Å². The van der Waals surface area contributed by atoms with E-state index in [2.05, 4.69) is 15.2 Å². The van der Waals surface area contributed by atoms with Crippen LogP contribution in [-0.2, 0) is 16.0 Å². The van der Waals surface area contributed by atoms with Crippen molar-refractivity contribution in [2.75, 3.05) is 0 Å². The number of hydrogen-bond donors (Lipinski definition) is 1. The van der Waals surface area contributed by atoms with Crippen LogP contribution in [0, 0.1) is 0 Å². The molecule has 19 heavy (non-hydrogen) atoms. The molecular formula is C14H17N3O2. The number of Topliss-reactive ketones (excluding diaryl/α,β-unsaturated/α-hetero) is 2. The number of nitrogens with zero attached hydrogens (tertiary/aromatic N) is 2. The van der Waals surface area contributed by atoms with E-state index < -0.39 is 0 Å². The third-order valence-electron chi connectivity index (χ3n) is 3.62. The summed E-state index contributed by atoms with van der Waals surface area (Å²) < 4.78 is 0. The van der Waals surface area contributed by atoms with E-state index in [1.807, 2.05) is 0 Å². The van der Waals surface area contributed by atoms with Crippen molar-refractivity contribution in [2.45, 2.75) is 40.0 Å². The lowest BCUT2D eigenvalue weighted by molar-refractivity contribution is -0.116. The number of aromatic nitrogens is 3. The molecule has 1 aromatic heterocycles. The standard InChI is InChI=1S/C14H17N3O2/c1-8-9(2)14(19)11(10(3)13(8)18)5-4-6-12-15-7-16-17-12/h7H,4-6H2,1-3H3,(H,15,16,17). The molecule has 0 saturated carbocycles. The van der Waals surface area contributed by atoms with Crippen LogP contribution in [0.5, 0.6) is 0 Å². The van der Waals surface area contributed by atoms with Gasteiger partial charge < -0.3 is 0 Å². The second-order valence-electron chi connectivity index (χ2n) is 4.80. The molecule has 0 aromatic carbocycles. The summed E-state index contributed by atoms with van der Waals surface area (Å²) in [4.78, 5) is 28.2. The van der Waals surface area contributed by atoms with Crippen molar-refractivity contribution in [1.29, 1.82) is 0 Å². The Morgan fingerprint density at radius 3 is 2.32 bits per heavy atom. The van der Waals surface area contributed by atoms with Gasteiger partial charge in [-0.3, -0.25) is 14.7 Å². The molecule has 1 N–H and O–H groups in total. The molecule has 0 fully saturated rings. The number of hydrogen-bond acceptors (Lipinski definition) is 4. The van der Waals surface area contributed by atoms with E-state index in [0.29, 0.717) is 28.7 Å². The minimum absolute atomic E-state index is 0.00664. The average Bonchev–Trinajstić information content (AvgIpc) is 2.91. The maximum atomic E-state index is 12.2. The van der Waals surface area contributed by atoms with Crippen LogP contribution in [-0.4, -0.2) is 26.7 Å². The summed E-state index contributed by atoms with van der Waals surface area (Å²) >= 11 is 0. The molecular weight excluding hydrogens is 242 g/mol. The first-order valence-electron chi connectivity index (χ1n) is 6.33. The lowest BCUT2D eigenvalue weighted by Crippen LogP contribution is -2.20. The summed E-state index contributed by atoms with van der Waals surface area (Å²) in [7, 11) is 0. The Hall–Kier alpha value is -2.04. The molecule has 1 heterocycles. The highest BCUT2D eigenvalue weighted by atomic mass is 16.1. The third-order valence-corrected chi connectivity index (χ3v) is 3.62. The number of aryl methyl sites for hydroxylation is 1. The number of aromatic amines is 1. The molecule has 2 rings (SSSR count). The summed E-state index contributed by atoms with van der Waals surface area (Å²) in [5, 5.41) is 6.56. The number of carbonyl (C=O) groups is 2. The van der Waals surface area contributed by atoms with Gasteiger partial charge in [0.2, 0.25) is 0 Å². The van der Waals surface area contributed by atoms with Crippen molar-refractivity contribution < 1.29 is 9.59 Å². The van der Waals surface area contributed by atoms with Gasteiger partial charge in [0.1, 0.15) is 12.2 Å². The zero-order valence-corrected chi connectivity index (χ0v) is 11.4. The van der Waals surface area contributed by atoms with Crippen LogP contribution in [0.2, 0.25) is 0 Å². The van der Waals surface area contributed by atoms with Gasteiger partial charge in [0.25, 0.3) is 0 Å². The van der Waals surface area contributed by atoms with Crippen LogP contribution in [0.3, 0.4) is 0 Å². The number of ketones is 2. The first-order chi connectivity index (χ1) is 9.02. The maximum Gasteiger partial charge on any atom is 0.185 e. The Labute approximate surface area is 111 Å². The van der Waals surface area contributed by atoms with E-state index in [4.69, 9.17) is 0 Å². The largest absolute Gasteiger partial charge is 0.289 e. The predicted molar refractivity (Wildman–Crippen MR) is 70.4 cm³/mol. The van der Waals surface area contributed by atoms with Crippen molar-refractivity contribution in [1.82, 2.24) is 15.2 Å². The second-order valence-corrected chi connectivity index (χ2v) is 4.80. The Balaban J connectivity index is 2.07. The van der Waals surface area contributed by atoms with Gasteiger partial charge in [0.15, 0.2) is 11.6 Å². The van der Waals surface area contributed by atoms with Crippen LogP contribution in [0.1, 0.15) is 39.4 Å². The molecule has 5 heteroatoms. The van der Waals surface area contributed by atoms with Crippen molar-refractivity contribution in [2.24, 2.45) is 0 Å². The Morgan fingerprint density at radius 2 is 1.68 bits per heavy atom. The predicted octanol–water partition coefficient (Wildman–Crippen LogP) is 1.93. The van der Waals surface area contributed by atoms with E-state index in [9.17, 15) is 9.59 Å². The molecule has 1 aliphatic carbocycles. The molecule has 100 valence electrons. The fraction of sp³-hybridized carbons (Fsp3) is 0.429. The van der Waals surface area contributed by atoms with Gasteiger partial charge >= 0.3 is 0 Å². The number of nitrogens with one attached hydrogen (secondary N) is 1. The lowest BCUT2D eigenvalue weighted by atomic mass is 9.84. The zero-order chi connectivity index (χ0) is 14.0. The Bertz CT molecular complexity index is 580. The number of H-pyrrole nitrogens is 1. The smallest absolute Gasteiger partial charge is 0.185 e. The van der Waals surface area contributed by atoms with Gasteiger partial charge in [-0.15, -0.1) is 0 Å². The first-order valence-corrected chi connectivity index (χ1v) is 6.33. The van der Waals surface area contributed by atoms with Crippen molar-refractivity contribution in [3.8, 4) is 0 Å². The molecule has 5 nitrogen and oxygen atoms in total. The second kappa shape index (κ2) is 5.30. The molecule has 1 aromatic rings. The Kier molecular flexibility index (Phi) is 3.74. The first kappa shape index (κ1) is 13.4. The molecule has 0 saturated heterocycles. The number of carbonyl (C=O) groups excluding carboxylic acids is 2. The molecule has 0 unspecified atom stereocenters. The molecule has 0 spiro atoms. The molecule has 0 aliphatic heterocycles. The van der Waals surface area contributed by atoms with Crippen LogP contribution in [0.4, 0.5) is 0 Å². The van der Waals surface area contributed by atoms with E-state index in [0.717, 1.165) is 18.7 Å².